The Balaban J connectivity index is 1.70. The summed E-state index contributed by atoms with van der Waals surface area (Å²) in [7, 11) is 2.95. The van der Waals surface area contributed by atoms with Crippen LogP contribution in [0, 0.1) is 12.7 Å². The first-order valence-electron chi connectivity index (χ1n) is 10.5. The second kappa shape index (κ2) is 8.55. The van der Waals surface area contributed by atoms with Crippen molar-refractivity contribution in [2.24, 2.45) is 0 Å². The Morgan fingerprint density at radius 3 is 2.57 bits per heavy atom. The van der Waals surface area contributed by atoms with Gasteiger partial charge in [-0.05, 0) is 55.0 Å². The van der Waals surface area contributed by atoms with Gasteiger partial charge in [0.15, 0.2) is 28.1 Å². The lowest BCUT2D eigenvalue weighted by molar-refractivity contribution is -0.117. The monoisotopic (exact) mass is 494 g/mol. The van der Waals surface area contributed by atoms with Crippen molar-refractivity contribution in [1.29, 1.82) is 0 Å². The molecule has 1 amide bonds. The molecule has 0 fully saturated rings. The van der Waals surface area contributed by atoms with E-state index in [0.717, 1.165) is 11.3 Å². The zero-order valence-electron chi connectivity index (χ0n) is 18.9. The Bertz CT molecular complexity index is 1520. The van der Waals surface area contributed by atoms with Crippen LogP contribution in [0.3, 0.4) is 0 Å². The normalized spacial score (nSPS) is 15.8. The van der Waals surface area contributed by atoms with Gasteiger partial charge in [0.2, 0.25) is 5.78 Å². The van der Waals surface area contributed by atoms with Crippen LogP contribution < -0.4 is 14.4 Å². The van der Waals surface area contributed by atoms with Crippen molar-refractivity contribution in [3.05, 3.63) is 82.8 Å². The van der Waals surface area contributed by atoms with E-state index in [4.69, 9.17) is 13.9 Å². The number of aryl methyl sites for hydroxylation is 1. The molecule has 0 unspecified atom stereocenters. The molecule has 1 aliphatic rings. The number of aliphatic hydroxyl groups is 1. The zero-order chi connectivity index (χ0) is 24.9. The Labute approximate surface area is 202 Å². The van der Waals surface area contributed by atoms with E-state index < -0.39 is 29.3 Å². The van der Waals surface area contributed by atoms with Crippen molar-refractivity contribution in [3.8, 4) is 11.5 Å². The standard InChI is InChI=1S/C25H19FN2O6S/c1-12-4-8-17(34-12)22(29)20-21(13-5-9-16(32-2)18(10-13)33-3)28(24(31)23(20)30)25-27-15-7-6-14(26)11-19(15)35-25/h4-11,21,30H,1-3H3/t21-/m1/s1. The molecule has 0 saturated heterocycles. The van der Waals surface area contributed by atoms with E-state index >= 15 is 0 Å². The molecule has 5 rings (SSSR count). The quantitative estimate of drug-likeness (QED) is 0.371. The molecule has 4 aromatic rings. The summed E-state index contributed by atoms with van der Waals surface area (Å²) in [6.07, 6.45) is 0. The fraction of sp³-hybridized carbons (Fsp3) is 0.160. The van der Waals surface area contributed by atoms with Crippen LogP contribution in [0.5, 0.6) is 11.5 Å². The molecule has 2 aromatic carbocycles. The zero-order valence-corrected chi connectivity index (χ0v) is 19.7. The molecule has 35 heavy (non-hydrogen) atoms. The van der Waals surface area contributed by atoms with Gasteiger partial charge in [0.05, 0.1) is 36.1 Å². The maximum atomic E-state index is 13.8. The minimum atomic E-state index is -1.05. The number of rotatable bonds is 6. The largest absolute Gasteiger partial charge is 0.503 e. The Hall–Kier alpha value is -4.18. The van der Waals surface area contributed by atoms with Crippen molar-refractivity contribution in [1.82, 2.24) is 4.98 Å². The molecule has 178 valence electrons. The third-order valence-corrected chi connectivity index (χ3v) is 6.70. The van der Waals surface area contributed by atoms with Gasteiger partial charge in [-0.2, -0.15) is 0 Å². The number of ketones is 1. The lowest BCUT2D eigenvalue weighted by Crippen LogP contribution is -2.31. The number of furan rings is 1. The van der Waals surface area contributed by atoms with E-state index in [1.165, 1.54) is 43.4 Å². The smallest absolute Gasteiger partial charge is 0.296 e. The first-order chi connectivity index (χ1) is 16.8. The van der Waals surface area contributed by atoms with Gasteiger partial charge in [0.25, 0.3) is 5.91 Å². The second-order valence-electron chi connectivity index (χ2n) is 7.80. The Morgan fingerprint density at radius 1 is 1.11 bits per heavy atom. The summed E-state index contributed by atoms with van der Waals surface area (Å²) in [6, 6.07) is 11.1. The molecule has 2 aromatic heterocycles. The number of hydrogen-bond donors (Lipinski definition) is 1. The van der Waals surface area contributed by atoms with E-state index in [1.54, 1.807) is 31.2 Å². The number of aromatic nitrogens is 1. The number of carbonyl (C=O) groups excluding carboxylic acids is 2. The predicted octanol–water partition coefficient (Wildman–Crippen LogP) is 5.14. The fourth-order valence-corrected chi connectivity index (χ4v) is 5.07. The van der Waals surface area contributed by atoms with Gasteiger partial charge in [0, 0.05) is 0 Å². The number of benzene rings is 2. The maximum absolute atomic E-state index is 13.8. The van der Waals surface area contributed by atoms with Crippen LogP contribution in [-0.2, 0) is 4.79 Å². The summed E-state index contributed by atoms with van der Waals surface area (Å²) in [4.78, 5) is 32.5. The number of hydrogen-bond acceptors (Lipinski definition) is 8. The van der Waals surface area contributed by atoms with E-state index in [-0.39, 0.29) is 16.5 Å². The number of aliphatic hydroxyl groups excluding tert-OH is 1. The van der Waals surface area contributed by atoms with Crippen molar-refractivity contribution in [3.63, 3.8) is 0 Å². The minimum absolute atomic E-state index is 0.0180. The van der Waals surface area contributed by atoms with Gasteiger partial charge in [-0.3, -0.25) is 14.5 Å². The molecule has 8 nitrogen and oxygen atoms in total. The Morgan fingerprint density at radius 2 is 1.89 bits per heavy atom. The molecular formula is C25H19FN2O6S. The minimum Gasteiger partial charge on any atom is -0.503 e. The third-order valence-electron chi connectivity index (χ3n) is 5.69. The maximum Gasteiger partial charge on any atom is 0.296 e. The average Bonchev–Trinajstić information content (AvgIpc) is 3.54. The average molecular weight is 495 g/mol. The molecule has 0 spiro atoms. The van der Waals surface area contributed by atoms with Crippen LogP contribution in [0.1, 0.15) is 27.9 Å². The topological polar surface area (TPSA) is 102 Å². The first-order valence-corrected chi connectivity index (χ1v) is 11.3. The highest BCUT2D eigenvalue weighted by molar-refractivity contribution is 7.22. The van der Waals surface area contributed by atoms with Crippen LogP contribution in [0.15, 0.2) is 64.3 Å². The van der Waals surface area contributed by atoms with Gasteiger partial charge in [-0.1, -0.05) is 17.4 Å². The SMILES string of the molecule is COc1ccc([C@@H]2C(C(=O)c3ccc(C)o3)=C(O)C(=O)N2c2nc3ccc(F)cc3s2)cc1OC. The van der Waals surface area contributed by atoms with Crippen LogP contribution in [0.25, 0.3) is 10.2 Å². The number of halogens is 1. The third kappa shape index (κ3) is 3.71. The number of fused-ring (bicyclic) bond motifs is 1. The molecule has 1 atom stereocenters. The number of thiazole rings is 1. The molecule has 1 N–H and O–H groups in total. The summed E-state index contributed by atoms with van der Waals surface area (Å²) in [5.74, 6) is -1.30. The van der Waals surface area contributed by atoms with E-state index in [1.807, 2.05) is 0 Å². The highest BCUT2D eigenvalue weighted by Gasteiger charge is 2.46. The predicted molar refractivity (Wildman–Crippen MR) is 127 cm³/mol. The van der Waals surface area contributed by atoms with Crippen LogP contribution in [0.4, 0.5) is 9.52 Å². The highest BCUT2D eigenvalue weighted by Crippen LogP contribution is 2.45. The van der Waals surface area contributed by atoms with Crippen molar-refractivity contribution < 1.29 is 33.0 Å². The van der Waals surface area contributed by atoms with Gasteiger partial charge in [-0.25, -0.2) is 9.37 Å². The van der Waals surface area contributed by atoms with Crippen molar-refractivity contribution in [2.75, 3.05) is 19.1 Å². The first kappa shape index (κ1) is 22.6. The van der Waals surface area contributed by atoms with Gasteiger partial charge in [-0.15, -0.1) is 0 Å². The van der Waals surface area contributed by atoms with Crippen molar-refractivity contribution in [2.45, 2.75) is 13.0 Å². The van der Waals surface area contributed by atoms with Crippen molar-refractivity contribution >= 4 is 38.4 Å². The van der Waals surface area contributed by atoms with Crippen LogP contribution >= 0.6 is 11.3 Å². The van der Waals surface area contributed by atoms with Crippen LogP contribution in [-0.4, -0.2) is 36.0 Å². The van der Waals surface area contributed by atoms with E-state index in [9.17, 15) is 19.1 Å². The molecular weight excluding hydrogens is 475 g/mol. The van der Waals surface area contributed by atoms with Gasteiger partial charge in [0.1, 0.15) is 11.6 Å². The summed E-state index contributed by atoms with van der Waals surface area (Å²) < 4.78 is 30.5. The number of nitrogens with zero attached hydrogens (tertiary/aromatic N) is 2. The van der Waals surface area contributed by atoms with Gasteiger partial charge >= 0.3 is 0 Å². The highest BCUT2D eigenvalue weighted by atomic mass is 32.1. The fourth-order valence-electron chi connectivity index (χ4n) is 4.05. The van der Waals surface area contributed by atoms with Gasteiger partial charge < -0.3 is 19.0 Å². The Kier molecular flexibility index (Phi) is 5.52. The number of carbonyl (C=O) groups is 2. The lowest BCUT2D eigenvalue weighted by Gasteiger charge is -2.25. The summed E-state index contributed by atoms with van der Waals surface area (Å²) in [5.41, 5.74) is 0.783. The lowest BCUT2D eigenvalue weighted by atomic mass is 9.95. The summed E-state index contributed by atoms with van der Waals surface area (Å²) in [6.45, 7) is 1.68. The molecule has 3 heterocycles. The molecule has 0 radical (unpaired) electrons. The second-order valence-corrected chi connectivity index (χ2v) is 8.81. The number of ether oxygens (including phenoxy) is 2. The van der Waals surface area contributed by atoms with E-state index in [0.29, 0.717) is 33.0 Å². The van der Waals surface area contributed by atoms with E-state index in [2.05, 4.69) is 4.98 Å². The molecule has 10 heteroatoms. The summed E-state index contributed by atoms with van der Waals surface area (Å²) >= 11 is 1.07. The molecule has 0 aliphatic carbocycles. The molecule has 0 saturated carbocycles. The summed E-state index contributed by atoms with van der Waals surface area (Å²) in [5, 5.41) is 11.1. The number of amides is 1. The molecule has 0 bridgehead atoms. The number of anilines is 1. The van der Waals surface area contributed by atoms with Crippen LogP contribution in [0.2, 0.25) is 0 Å². The number of methoxy groups -OCH3 is 2. The molecule has 1 aliphatic heterocycles. The number of Topliss-reactive ketones (excluding diaryl/α,β-unsaturated/α-hetero) is 1.